The van der Waals surface area contributed by atoms with Gasteiger partial charge in [0.25, 0.3) is 0 Å². The highest BCUT2D eigenvalue weighted by atomic mass is 32.1. The average Bonchev–Trinajstić information content (AvgIpc) is 3.30. The zero-order valence-electron chi connectivity index (χ0n) is 16.2. The maximum absolute atomic E-state index is 13.1. The van der Waals surface area contributed by atoms with Crippen LogP contribution in [0.15, 0.2) is 29.8 Å². The molecule has 29 heavy (non-hydrogen) atoms. The Kier molecular flexibility index (Phi) is 5.22. The summed E-state index contributed by atoms with van der Waals surface area (Å²) >= 11 is 0.990. The number of benzene rings is 1. The Hall–Kier alpha value is -3.51. The van der Waals surface area contributed by atoms with E-state index in [1.54, 1.807) is 32.9 Å². The highest BCUT2D eigenvalue weighted by Gasteiger charge is 2.25. The third-order valence-electron chi connectivity index (χ3n) is 3.86. The fraction of sp³-hybridized carbons (Fsp3) is 0.250. The highest BCUT2D eigenvalue weighted by Crippen LogP contribution is 2.27. The van der Waals surface area contributed by atoms with Gasteiger partial charge in [0.1, 0.15) is 5.60 Å². The second-order valence-corrected chi connectivity index (χ2v) is 7.95. The van der Waals surface area contributed by atoms with Crippen LogP contribution in [0.5, 0.6) is 0 Å². The monoisotopic (exact) mass is 411 g/mol. The number of nitriles is 1. The first-order valence-electron chi connectivity index (χ1n) is 8.51. The van der Waals surface area contributed by atoms with E-state index in [-0.39, 0.29) is 16.3 Å². The number of carbonyl (C=O) groups is 3. The van der Waals surface area contributed by atoms with Crippen molar-refractivity contribution in [3.05, 3.63) is 51.6 Å². The van der Waals surface area contributed by atoms with E-state index in [4.69, 9.17) is 4.74 Å². The first kappa shape index (κ1) is 20.2. The molecule has 0 atom stereocenters. The SMILES string of the molecule is COC(=O)c1csc(C(=O)c2cn(C(=O)OC(C)(C)C)c3ccc(C#N)cc23)n1. The van der Waals surface area contributed by atoms with Crippen LogP contribution in [-0.4, -0.2) is 40.1 Å². The lowest BCUT2D eigenvalue weighted by Gasteiger charge is -2.19. The Bertz CT molecular complexity index is 1180. The highest BCUT2D eigenvalue weighted by molar-refractivity contribution is 7.12. The van der Waals surface area contributed by atoms with Crippen molar-refractivity contribution in [2.45, 2.75) is 26.4 Å². The number of esters is 1. The number of hydrogen-bond acceptors (Lipinski definition) is 8. The van der Waals surface area contributed by atoms with E-state index in [1.807, 2.05) is 6.07 Å². The topological polar surface area (TPSA) is 111 Å². The molecule has 0 saturated carbocycles. The minimum Gasteiger partial charge on any atom is -0.464 e. The van der Waals surface area contributed by atoms with Crippen molar-refractivity contribution in [2.24, 2.45) is 0 Å². The predicted octanol–water partition coefficient (Wildman–Crippen LogP) is 3.77. The fourth-order valence-electron chi connectivity index (χ4n) is 2.63. The van der Waals surface area contributed by atoms with Crippen LogP contribution in [0.1, 0.15) is 52.2 Å². The first-order chi connectivity index (χ1) is 13.6. The van der Waals surface area contributed by atoms with Crippen molar-refractivity contribution in [3.63, 3.8) is 0 Å². The summed E-state index contributed by atoms with van der Waals surface area (Å²) in [6.45, 7) is 5.21. The van der Waals surface area contributed by atoms with Gasteiger partial charge >= 0.3 is 12.1 Å². The summed E-state index contributed by atoms with van der Waals surface area (Å²) in [6.07, 6.45) is 0.710. The van der Waals surface area contributed by atoms with E-state index in [2.05, 4.69) is 9.72 Å². The van der Waals surface area contributed by atoms with Gasteiger partial charge in [-0.25, -0.2) is 14.6 Å². The van der Waals surface area contributed by atoms with Gasteiger partial charge in [-0.2, -0.15) is 5.26 Å². The second kappa shape index (κ2) is 7.48. The number of ketones is 1. The molecule has 0 saturated heterocycles. The van der Waals surface area contributed by atoms with Gasteiger partial charge in [-0.3, -0.25) is 9.36 Å². The lowest BCUT2D eigenvalue weighted by atomic mass is 10.1. The molecule has 0 amide bonds. The van der Waals surface area contributed by atoms with E-state index in [0.29, 0.717) is 16.5 Å². The van der Waals surface area contributed by atoms with E-state index in [0.717, 1.165) is 11.3 Å². The summed E-state index contributed by atoms with van der Waals surface area (Å²) in [7, 11) is 1.22. The maximum atomic E-state index is 13.1. The Morgan fingerprint density at radius 3 is 2.59 bits per heavy atom. The fourth-order valence-corrected chi connectivity index (χ4v) is 3.37. The molecule has 8 nitrogen and oxygen atoms in total. The van der Waals surface area contributed by atoms with Gasteiger partial charge in [0, 0.05) is 17.0 Å². The summed E-state index contributed by atoms with van der Waals surface area (Å²) in [5.41, 5.74) is 0.229. The van der Waals surface area contributed by atoms with Gasteiger partial charge in [-0.15, -0.1) is 11.3 Å². The molecule has 0 N–H and O–H groups in total. The zero-order valence-corrected chi connectivity index (χ0v) is 17.0. The van der Waals surface area contributed by atoms with Crippen LogP contribution in [-0.2, 0) is 9.47 Å². The van der Waals surface area contributed by atoms with Crippen LogP contribution in [0.4, 0.5) is 4.79 Å². The zero-order chi connectivity index (χ0) is 21.3. The molecule has 0 fully saturated rings. The molecule has 2 aromatic heterocycles. The van der Waals surface area contributed by atoms with E-state index < -0.39 is 23.4 Å². The number of aromatic nitrogens is 2. The van der Waals surface area contributed by atoms with Gasteiger partial charge in [-0.05, 0) is 39.0 Å². The van der Waals surface area contributed by atoms with Crippen LogP contribution in [0.2, 0.25) is 0 Å². The molecule has 9 heteroatoms. The number of thiazole rings is 1. The molecule has 1 aromatic carbocycles. The summed E-state index contributed by atoms with van der Waals surface area (Å²) in [5.74, 6) is -1.13. The minimum atomic E-state index is -0.727. The van der Waals surface area contributed by atoms with Gasteiger partial charge in [0.05, 0.1) is 29.8 Å². The van der Waals surface area contributed by atoms with Crippen molar-refractivity contribution < 1.29 is 23.9 Å². The summed E-state index contributed by atoms with van der Waals surface area (Å²) < 4.78 is 11.2. The third-order valence-corrected chi connectivity index (χ3v) is 4.70. The molecule has 0 spiro atoms. The van der Waals surface area contributed by atoms with E-state index >= 15 is 0 Å². The maximum Gasteiger partial charge on any atom is 0.419 e. The van der Waals surface area contributed by atoms with Gasteiger partial charge in [0.2, 0.25) is 5.78 Å². The number of carbonyl (C=O) groups excluding carboxylic acids is 3. The van der Waals surface area contributed by atoms with Crippen molar-refractivity contribution in [3.8, 4) is 6.07 Å². The first-order valence-corrected chi connectivity index (χ1v) is 9.39. The minimum absolute atomic E-state index is 0.0226. The van der Waals surface area contributed by atoms with Crippen molar-refractivity contribution in [2.75, 3.05) is 7.11 Å². The summed E-state index contributed by atoms with van der Waals surface area (Å²) in [4.78, 5) is 41.3. The molecule has 3 aromatic rings. The largest absolute Gasteiger partial charge is 0.464 e. The number of methoxy groups -OCH3 is 1. The number of fused-ring (bicyclic) bond motifs is 1. The average molecular weight is 411 g/mol. The van der Waals surface area contributed by atoms with Gasteiger partial charge in [-0.1, -0.05) is 0 Å². The summed E-state index contributed by atoms with van der Waals surface area (Å²) in [6, 6.07) is 6.67. The number of rotatable bonds is 3. The molecular formula is C20H17N3O5S. The van der Waals surface area contributed by atoms with Gasteiger partial charge < -0.3 is 9.47 Å². The number of ether oxygens (including phenoxy) is 2. The molecule has 148 valence electrons. The Morgan fingerprint density at radius 2 is 1.97 bits per heavy atom. The smallest absolute Gasteiger partial charge is 0.419 e. The quantitative estimate of drug-likeness (QED) is 0.476. The van der Waals surface area contributed by atoms with Crippen molar-refractivity contribution >= 4 is 40.1 Å². The van der Waals surface area contributed by atoms with Crippen molar-refractivity contribution in [1.29, 1.82) is 5.26 Å². The molecule has 0 aliphatic heterocycles. The molecule has 0 bridgehead atoms. The molecule has 0 aliphatic rings. The van der Waals surface area contributed by atoms with Gasteiger partial charge in [0.15, 0.2) is 10.7 Å². The molecule has 3 rings (SSSR count). The summed E-state index contributed by atoms with van der Waals surface area (Å²) in [5, 5.41) is 11.1. The molecular weight excluding hydrogens is 394 g/mol. The van der Waals surface area contributed by atoms with Crippen LogP contribution < -0.4 is 0 Å². The molecule has 2 heterocycles. The van der Waals surface area contributed by atoms with Crippen LogP contribution in [0.25, 0.3) is 10.9 Å². The van der Waals surface area contributed by atoms with Crippen LogP contribution >= 0.6 is 11.3 Å². The Balaban J connectivity index is 2.12. The Morgan fingerprint density at radius 1 is 1.24 bits per heavy atom. The van der Waals surface area contributed by atoms with E-state index in [9.17, 15) is 19.6 Å². The van der Waals surface area contributed by atoms with Crippen molar-refractivity contribution in [1.82, 2.24) is 9.55 Å². The molecule has 0 radical (unpaired) electrons. The Labute approximate surface area is 170 Å². The molecule has 0 unspecified atom stereocenters. The lowest BCUT2D eigenvalue weighted by Crippen LogP contribution is -2.26. The normalized spacial score (nSPS) is 11.1. The van der Waals surface area contributed by atoms with Crippen LogP contribution in [0.3, 0.4) is 0 Å². The second-order valence-electron chi connectivity index (χ2n) is 7.10. The standard InChI is InChI=1S/C20H17N3O5S/c1-20(2,3)28-19(26)23-9-13(12-7-11(8-21)5-6-15(12)23)16(24)17-22-14(10-29-17)18(25)27-4/h5-7,9-10H,1-4H3. The number of hydrogen-bond donors (Lipinski definition) is 0. The van der Waals surface area contributed by atoms with E-state index in [1.165, 1.54) is 29.3 Å². The third kappa shape index (κ3) is 4.02. The van der Waals surface area contributed by atoms with Crippen LogP contribution in [0, 0.1) is 11.3 Å². The molecule has 0 aliphatic carbocycles. The number of nitrogens with zero attached hydrogens (tertiary/aromatic N) is 3. The lowest BCUT2D eigenvalue weighted by molar-refractivity contribution is 0.0542. The predicted molar refractivity (Wildman–Crippen MR) is 105 cm³/mol.